The van der Waals surface area contributed by atoms with Crippen molar-refractivity contribution in [3.05, 3.63) is 28.3 Å². The zero-order chi connectivity index (χ0) is 29.6. The Morgan fingerprint density at radius 3 is 2.48 bits per heavy atom. The molecule has 0 unspecified atom stereocenters. The summed E-state index contributed by atoms with van der Waals surface area (Å²) in [4.78, 5) is 20.6. The first-order valence-corrected chi connectivity index (χ1v) is 17.4. The van der Waals surface area contributed by atoms with Crippen molar-refractivity contribution >= 4 is 37.3 Å². The molecule has 3 fully saturated rings. The summed E-state index contributed by atoms with van der Waals surface area (Å²) in [6, 6.07) is 1.88. The lowest BCUT2D eigenvalue weighted by Crippen LogP contribution is -2.41. The first-order valence-electron chi connectivity index (χ1n) is 14.9. The molecule has 0 bridgehead atoms. The van der Waals surface area contributed by atoms with Crippen LogP contribution in [0.4, 0.5) is 5.95 Å². The topological polar surface area (TPSA) is 118 Å². The van der Waals surface area contributed by atoms with Crippen LogP contribution >= 0.6 is 11.3 Å². The Hall–Kier alpha value is -2.38. The van der Waals surface area contributed by atoms with Gasteiger partial charge in [-0.05, 0) is 71.5 Å². The van der Waals surface area contributed by atoms with E-state index >= 15 is 0 Å². The van der Waals surface area contributed by atoms with Gasteiger partial charge < -0.3 is 19.5 Å². The van der Waals surface area contributed by atoms with Gasteiger partial charge in [0.2, 0.25) is 11.8 Å². The molecule has 3 aromatic rings. The van der Waals surface area contributed by atoms with Crippen LogP contribution in [-0.2, 0) is 26.9 Å². The molecule has 1 saturated carbocycles. The Morgan fingerprint density at radius 1 is 1.12 bits per heavy atom. The molecular formula is C30H41N5O5S2. The van der Waals surface area contributed by atoms with Crippen LogP contribution in [0.1, 0.15) is 55.5 Å². The molecule has 12 heteroatoms. The maximum absolute atomic E-state index is 12.9. The number of aryl methyl sites for hydroxylation is 1. The van der Waals surface area contributed by atoms with Crippen molar-refractivity contribution in [2.75, 3.05) is 51.4 Å². The minimum Gasteiger partial charge on any atom is -0.481 e. The second-order valence-electron chi connectivity index (χ2n) is 12.4. The Morgan fingerprint density at radius 2 is 1.83 bits per heavy atom. The summed E-state index contributed by atoms with van der Waals surface area (Å²) < 4.78 is 37.9. The number of likely N-dealkylation sites (tertiary alicyclic amines) is 1. The SMILES string of the molecule is COc1ncc(-c2nc(N3CCOCC3)nc3c(CN4CCC(C(C)(C)O)CC4)c(C)sc23)cc1CS(=O)(=O)C1CC1. The highest BCUT2D eigenvalue weighted by atomic mass is 32.2. The van der Waals surface area contributed by atoms with Crippen LogP contribution in [0.25, 0.3) is 21.5 Å². The second-order valence-corrected chi connectivity index (χ2v) is 15.9. The Balaban J connectivity index is 1.40. The van der Waals surface area contributed by atoms with Crippen LogP contribution in [0.15, 0.2) is 12.3 Å². The summed E-state index contributed by atoms with van der Waals surface area (Å²) in [6.07, 6.45) is 5.11. The van der Waals surface area contributed by atoms with Gasteiger partial charge in [0, 0.05) is 47.4 Å². The molecule has 1 N–H and O–H groups in total. The van der Waals surface area contributed by atoms with Crippen molar-refractivity contribution in [2.24, 2.45) is 5.92 Å². The van der Waals surface area contributed by atoms with E-state index in [0.717, 1.165) is 66.8 Å². The van der Waals surface area contributed by atoms with Crippen molar-refractivity contribution in [1.82, 2.24) is 19.9 Å². The van der Waals surface area contributed by atoms with Crippen molar-refractivity contribution in [3.63, 3.8) is 0 Å². The summed E-state index contributed by atoms with van der Waals surface area (Å²) in [5, 5.41) is 10.3. The van der Waals surface area contributed by atoms with Gasteiger partial charge >= 0.3 is 0 Å². The van der Waals surface area contributed by atoms with E-state index in [0.29, 0.717) is 49.6 Å². The van der Waals surface area contributed by atoms with E-state index < -0.39 is 15.4 Å². The fourth-order valence-electron chi connectivity index (χ4n) is 6.11. The summed E-state index contributed by atoms with van der Waals surface area (Å²) >= 11 is 1.68. The number of anilines is 1. The molecule has 0 aromatic carbocycles. The number of hydrogen-bond acceptors (Lipinski definition) is 11. The van der Waals surface area contributed by atoms with E-state index in [4.69, 9.17) is 19.4 Å². The highest BCUT2D eigenvalue weighted by Crippen LogP contribution is 2.40. The number of thiophene rings is 1. The van der Waals surface area contributed by atoms with Crippen LogP contribution in [0.3, 0.4) is 0 Å². The lowest BCUT2D eigenvalue weighted by molar-refractivity contribution is -0.0135. The highest BCUT2D eigenvalue weighted by Gasteiger charge is 2.36. The third kappa shape index (κ3) is 6.14. The summed E-state index contributed by atoms with van der Waals surface area (Å²) in [6.45, 7) is 11.3. The monoisotopic (exact) mass is 615 g/mol. The van der Waals surface area contributed by atoms with Gasteiger partial charge in [-0.15, -0.1) is 11.3 Å². The van der Waals surface area contributed by atoms with E-state index in [1.165, 1.54) is 17.6 Å². The summed E-state index contributed by atoms with van der Waals surface area (Å²) in [7, 11) is -1.74. The van der Waals surface area contributed by atoms with Gasteiger partial charge in [-0.25, -0.2) is 23.4 Å². The average Bonchev–Trinajstić information content (AvgIpc) is 3.79. The van der Waals surface area contributed by atoms with Crippen LogP contribution in [0.5, 0.6) is 5.88 Å². The predicted molar refractivity (Wildman–Crippen MR) is 165 cm³/mol. The van der Waals surface area contributed by atoms with E-state index in [1.807, 2.05) is 19.9 Å². The smallest absolute Gasteiger partial charge is 0.226 e. The number of sulfone groups is 1. The number of aromatic nitrogens is 3. The molecule has 2 saturated heterocycles. The van der Waals surface area contributed by atoms with E-state index in [-0.39, 0.29) is 11.0 Å². The molecular weight excluding hydrogens is 574 g/mol. The lowest BCUT2D eigenvalue weighted by atomic mass is 9.83. The number of hydrogen-bond donors (Lipinski definition) is 1. The van der Waals surface area contributed by atoms with Gasteiger partial charge in [-0.3, -0.25) is 4.90 Å². The summed E-state index contributed by atoms with van der Waals surface area (Å²) in [5.74, 6) is 1.20. The fourth-order valence-corrected chi connectivity index (χ4v) is 8.95. The van der Waals surface area contributed by atoms with Crippen LogP contribution in [0.2, 0.25) is 0 Å². The molecule has 6 rings (SSSR count). The number of fused-ring (bicyclic) bond motifs is 1. The molecule has 3 aromatic heterocycles. The van der Waals surface area contributed by atoms with Crippen molar-refractivity contribution in [2.45, 2.75) is 69.6 Å². The number of ether oxygens (including phenoxy) is 2. The second kappa shape index (κ2) is 11.6. The first kappa shape index (κ1) is 29.7. The number of aliphatic hydroxyl groups is 1. The van der Waals surface area contributed by atoms with Crippen molar-refractivity contribution in [1.29, 1.82) is 0 Å². The number of nitrogens with zero attached hydrogens (tertiary/aromatic N) is 5. The van der Waals surface area contributed by atoms with Gasteiger partial charge in [-0.2, -0.15) is 0 Å². The minimum atomic E-state index is -3.27. The molecule has 10 nitrogen and oxygen atoms in total. The van der Waals surface area contributed by atoms with E-state index in [2.05, 4.69) is 21.7 Å². The third-order valence-electron chi connectivity index (χ3n) is 8.86. The predicted octanol–water partition coefficient (Wildman–Crippen LogP) is 3.97. The minimum absolute atomic E-state index is 0.0957. The van der Waals surface area contributed by atoms with Crippen molar-refractivity contribution < 1.29 is 23.0 Å². The largest absolute Gasteiger partial charge is 0.481 e. The van der Waals surface area contributed by atoms with Crippen LogP contribution in [0, 0.1) is 12.8 Å². The quantitative estimate of drug-likeness (QED) is 0.379. The maximum Gasteiger partial charge on any atom is 0.226 e. The zero-order valence-electron chi connectivity index (χ0n) is 24.9. The van der Waals surface area contributed by atoms with Gasteiger partial charge in [0.1, 0.15) is 0 Å². The molecule has 42 heavy (non-hydrogen) atoms. The molecule has 0 radical (unpaired) electrons. The van der Waals surface area contributed by atoms with Gasteiger partial charge in [0.25, 0.3) is 0 Å². The first-order chi connectivity index (χ1) is 20.0. The number of piperidine rings is 1. The van der Waals surface area contributed by atoms with E-state index in [9.17, 15) is 13.5 Å². The number of methoxy groups -OCH3 is 1. The molecule has 3 aliphatic rings. The summed E-state index contributed by atoms with van der Waals surface area (Å²) in [5.41, 5.74) is 3.57. The van der Waals surface area contributed by atoms with E-state index in [1.54, 1.807) is 17.5 Å². The average molecular weight is 616 g/mol. The maximum atomic E-state index is 12.9. The number of morpholine rings is 1. The molecule has 2 aliphatic heterocycles. The lowest BCUT2D eigenvalue weighted by Gasteiger charge is -2.37. The van der Waals surface area contributed by atoms with Gasteiger partial charge in [0.05, 0.1) is 52.8 Å². The molecule has 228 valence electrons. The number of rotatable bonds is 9. The molecule has 0 spiro atoms. The Kier molecular flexibility index (Phi) is 8.20. The zero-order valence-corrected chi connectivity index (χ0v) is 26.6. The molecule has 0 atom stereocenters. The standard InChI is InChI=1S/C30H41N5O5S2/c1-19-24(17-34-9-7-22(8-10-34)30(2,3)36)26-27(41-19)25(32-29(33-26)35-11-13-40-14-12-35)20-15-21(28(39-4)31-16-20)18-42(37,38)23-5-6-23/h15-16,22-23,36H,5-14,17-18H2,1-4H3. The molecule has 0 amide bonds. The normalized spacial score (nSPS) is 19.5. The molecule has 5 heterocycles. The third-order valence-corrected chi connectivity index (χ3v) is 12.2. The number of pyridine rings is 1. The Labute approximate surface area is 252 Å². The highest BCUT2D eigenvalue weighted by molar-refractivity contribution is 7.91. The van der Waals surface area contributed by atoms with Crippen molar-refractivity contribution in [3.8, 4) is 17.1 Å². The van der Waals surface area contributed by atoms with Crippen LogP contribution < -0.4 is 9.64 Å². The van der Waals surface area contributed by atoms with Crippen LogP contribution in [-0.4, -0.2) is 90.7 Å². The van der Waals surface area contributed by atoms with Gasteiger partial charge in [-0.1, -0.05) is 0 Å². The van der Waals surface area contributed by atoms with Gasteiger partial charge in [0.15, 0.2) is 9.84 Å². The molecule has 1 aliphatic carbocycles. The fraction of sp³-hybridized carbons (Fsp3) is 0.633. The Bertz CT molecular complexity index is 1550.